The lowest BCUT2D eigenvalue weighted by molar-refractivity contribution is -0.387. The molecule has 0 saturated carbocycles. The second kappa shape index (κ2) is 8.61. The van der Waals surface area contributed by atoms with Crippen molar-refractivity contribution in [1.29, 1.82) is 0 Å². The first kappa shape index (κ1) is 20.1. The number of ketones is 1. The molecule has 0 saturated heterocycles. The smallest absolute Gasteiger partial charge is 0.338 e. The molecular weight excluding hydrogens is 403 g/mol. The molecule has 0 aliphatic rings. The number of ether oxygens (including phenoxy) is 1. The van der Waals surface area contributed by atoms with E-state index in [-0.39, 0.29) is 21.7 Å². The molecule has 0 unspecified atom stereocenters. The number of nitro benzene ring substituents is 1. The van der Waals surface area contributed by atoms with Gasteiger partial charge in [-0.1, -0.05) is 0 Å². The zero-order chi connectivity index (χ0) is 21.0. The predicted octanol–water partition coefficient (Wildman–Crippen LogP) is 3.05. The first-order valence-corrected chi connectivity index (χ1v) is 8.93. The Balaban J connectivity index is 1.72. The van der Waals surface area contributed by atoms with Crippen molar-refractivity contribution < 1.29 is 23.6 Å². The molecule has 2 aromatic carbocycles. The third kappa shape index (κ3) is 4.82. The van der Waals surface area contributed by atoms with E-state index >= 15 is 0 Å². The van der Waals surface area contributed by atoms with E-state index in [0.29, 0.717) is 5.16 Å². The zero-order valence-electron chi connectivity index (χ0n) is 14.9. The van der Waals surface area contributed by atoms with Crippen LogP contribution >= 0.6 is 11.8 Å². The SMILES string of the molecule is Cn1cnnc1Sc1ccc(C(=O)OCC(=O)c2ccc(F)cc2)cc1[N+](=O)[O-]. The van der Waals surface area contributed by atoms with Gasteiger partial charge in [-0.25, -0.2) is 9.18 Å². The molecule has 29 heavy (non-hydrogen) atoms. The van der Waals surface area contributed by atoms with Gasteiger partial charge in [0.2, 0.25) is 0 Å². The Labute approximate surface area is 167 Å². The fraction of sp³-hybridized carbons (Fsp3) is 0.111. The number of aromatic nitrogens is 3. The van der Waals surface area contributed by atoms with Crippen LogP contribution in [0.2, 0.25) is 0 Å². The number of halogens is 1. The van der Waals surface area contributed by atoms with E-state index in [9.17, 15) is 24.1 Å². The van der Waals surface area contributed by atoms with Gasteiger partial charge in [-0.2, -0.15) is 0 Å². The van der Waals surface area contributed by atoms with Crippen molar-refractivity contribution in [2.24, 2.45) is 7.05 Å². The van der Waals surface area contributed by atoms with Gasteiger partial charge >= 0.3 is 5.97 Å². The Bertz CT molecular complexity index is 1080. The normalized spacial score (nSPS) is 10.6. The number of hydrogen-bond acceptors (Lipinski definition) is 8. The maximum absolute atomic E-state index is 12.9. The maximum atomic E-state index is 12.9. The summed E-state index contributed by atoms with van der Waals surface area (Å²) >= 11 is 1.02. The van der Waals surface area contributed by atoms with Crippen LogP contribution < -0.4 is 0 Å². The topological polar surface area (TPSA) is 117 Å². The van der Waals surface area contributed by atoms with E-state index < -0.39 is 29.1 Å². The molecular formula is C18H13FN4O5S. The lowest BCUT2D eigenvalue weighted by Gasteiger charge is -2.07. The summed E-state index contributed by atoms with van der Waals surface area (Å²) in [6.45, 7) is -0.576. The summed E-state index contributed by atoms with van der Waals surface area (Å²) in [6, 6.07) is 8.61. The molecule has 0 atom stereocenters. The fourth-order valence-electron chi connectivity index (χ4n) is 2.27. The molecule has 0 fully saturated rings. The molecule has 3 rings (SSSR count). The Morgan fingerprint density at radius 1 is 1.21 bits per heavy atom. The number of esters is 1. The molecule has 0 spiro atoms. The van der Waals surface area contributed by atoms with Crippen molar-refractivity contribution in [3.8, 4) is 0 Å². The second-order valence-electron chi connectivity index (χ2n) is 5.77. The summed E-state index contributed by atoms with van der Waals surface area (Å²) in [4.78, 5) is 35.2. The lowest BCUT2D eigenvalue weighted by atomic mass is 10.1. The minimum Gasteiger partial charge on any atom is -0.454 e. The number of benzene rings is 2. The number of aryl methyl sites for hydroxylation is 1. The van der Waals surface area contributed by atoms with Crippen LogP contribution in [-0.2, 0) is 11.8 Å². The molecule has 0 amide bonds. The largest absolute Gasteiger partial charge is 0.454 e. The van der Waals surface area contributed by atoms with Crippen molar-refractivity contribution in [3.63, 3.8) is 0 Å². The first-order valence-electron chi connectivity index (χ1n) is 8.11. The molecule has 1 heterocycles. The van der Waals surface area contributed by atoms with E-state index in [1.54, 1.807) is 11.6 Å². The van der Waals surface area contributed by atoms with E-state index in [1.165, 1.54) is 30.6 Å². The average molecular weight is 416 g/mol. The van der Waals surface area contributed by atoms with Gasteiger partial charge in [0.25, 0.3) is 5.69 Å². The van der Waals surface area contributed by atoms with Crippen LogP contribution in [-0.4, -0.2) is 38.0 Å². The maximum Gasteiger partial charge on any atom is 0.338 e. The summed E-state index contributed by atoms with van der Waals surface area (Å²) in [6.07, 6.45) is 1.46. The average Bonchev–Trinajstić information content (AvgIpc) is 3.11. The molecule has 3 aromatic rings. The summed E-state index contributed by atoms with van der Waals surface area (Å²) in [5.41, 5.74) is -0.205. The van der Waals surface area contributed by atoms with Crippen LogP contribution in [0.4, 0.5) is 10.1 Å². The minimum absolute atomic E-state index is 0.0779. The molecule has 0 bridgehead atoms. The van der Waals surface area contributed by atoms with Gasteiger partial charge in [-0.15, -0.1) is 10.2 Å². The third-order valence-corrected chi connectivity index (χ3v) is 4.88. The van der Waals surface area contributed by atoms with E-state index in [1.807, 2.05) is 0 Å². The van der Waals surface area contributed by atoms with Crippen molar-refractivity contribution in [2.45, 2.75) is 10.1 Å². The van der Waals surface area contributed by atoms with Gasteiger partial charge in [0.15, 0.2) is 17.5 Å². The first-order chi connectivity index (χ1) is 13.8. The monoisotopic (exact) mass is 416 g/mol. The summed E-state index contributed by atoms with van der Waals surface area (Å²) in [5.74, 6) is -1.91. The Kier molecular flexibility index (Phi) is 5.98. The molecule has 1 aromatic heterocycles. The molecule has 0 N–H and O–H groups in total. The third-order valence-electron chi connectivity index (χ3n) is 3.76. The Hall–Kier alpha value is -3.60. The number of rotatable bonds is 7. The zero-order valence-corrected chi connectivity index (χ0v) is 15.8. The second-order valence-corrected chi connectivity index (χ2v) is 6.78. The van der Waals surface area contributed by atoms with Crippen LogP contribution in [0.1, 0.15) is 20.7 Å². The summed E-state index contributed by atoms with van der Waals surface area (Å²) < 4.78 is 19.4. The number of nitro groups is 1. The summed E-state index contributed by atoms with van der Waals surface area (Å²) in [5, 5.41) is 19.4. The Morgan fingerprint density at radius 3 is 2.52 bits per heavy atom. The number of carbonyl (C=O) groups is 2. The van der Waals surface area contributed by atoms with E-state index in [0.717, 1.165) is 30.0 Å². The number of carbonyl (C=O) groups excluding carboxylic acids is 2. The van der Waals surface area contributed by atoms with Gasteiger partial charge < -0.3 is 9.30 Å². The van der Waals surface area contributed by atoms with Gasteiger partial charge in [0, 0.05) is 18.7 Å². The highest BCUT2D eigenvalue weighted by Gasteiger charge is 2.21. The minimum atomic E-state index is -0.890. The fourth-order valence-corrected chi connectivity index (χ4v) is 3.12. The Morgan fingerprint density at radius 2 is 1.90 bits per heavy atom. The van der Waals surface area contributed by atoms with Crippen molar-refractivity contribution in [2.75, 3.05) is 6.61 Å². The van der Waals surface area contributed by atoms with Crippen LogP contribution in [0, 0.1) is 15.9 Å². The highest BCUT2D eigenvalue weighted by Crippen LogP contribution is 2.34. The van der Waals surface area contributed by atoms with Gasteiger partial charge in [-0.05, 0) is 48.2 Å². The van der Waals surface area contributed by atoms with Crippen LogP contribution in [0.25, 0.3) is 0 Å². The van der Waals surface area contributed by atoms with Crippen LogP contribution in [0.5, 0.6) is 0 Å². The molecule has 0 aliphatic carbocycles. The standard InChI is InChI=1S/C18H13FN4O5S/c1-22-10-20-21-18(22)29-16-7-4-12(8-14(16)23(26)27)17(25)28-9-15(24)11-2-5-13(19)6-3-11/h2-8,10H,9H2,1H3. The lowest BCUT2D eigenvalue weighted by Crippen LogP contribution is -2.14. The number of hydrogen-bond donors (Lipinski definition) is 0. The van der Waals surface area contributed by atoms with Crippen LogP contribution in [0.3, 0.4) is 0 Å². The molecule has 0 aliphatic heterocycles. The van der Waals surface area contributed by atoms with Crippen molar-refractivity contribution in [1.82, 2.24) is 14.8 Å². The highest BCUT2D eigenvalue weighted by molar-refractivity contribution is 7.99. The van der Waals surface area contributed by atoms with Crippen LogP contribution in [0.15, 0.2) is 58.8 Å². The quantitative estimate of drug-likeness (QED) is 0.250. The van der Waals surface area contributed by atoms with E-state index in [4.69, 9.17) is 4.74 Å². The molecule has 0 radical (unpaired) electrons. The van der Waals surface area contributed by atoms with Crippen molar-refractivity contribution >= 4 is 29.2 Å². The number of Topliss-reactive ketones (excluding diaryl/α,β-unsaturated/α-hetero) is 1. The molecule has 148 valence electrons. The number of nitrogens with zero attached hydrogens (tertiary/aromatic N) is 4. The van der Waals surface area contributed by atoms with Gasteiger partial charge in [0.05, 0.1) is 15.4 Å². The van der Waals surface area contributed by atoms with E-state index in [2.05, 4.69) is 10.2 Å². The van der Waals surface area contributed by atoms with Gasteiger partial charge in [0.1, 0.15) is 12.1 Å². The van der Waals surface area contributed by atoms with Crippen molar-refractivity contribution in [3.05, 3.63) is 75.9 Å². The molecule has 11 heteroatoms. The van der Waals surface area contributed by atoms with Gasteiger partial charge in [-0.3, -0.25) is 14.9 Å². The summed E-state index contributed by atoms with van der Waals surface area (Å²) in [7, 11) is 1.69. The molecule has 9 nitrogen and oxygen atoms in total. The highest BCUT2D eigenvalue weighted by atomic mass is 32.2. The predicted molar refractivity (Wildman–Crippen MR) is 99.2 cm³/mol.